The van der Waals surface area contributed by atoms with Gasteiger partial charge in [-0.25, -0.2) is 9.78 Å². The van der Waals surface area contributed by atoms with Crippen molar-refractivity contribution in [3.05, 3.63) is 78.1 Å². The maximum atomic E-state index is 13.1. The van der Waals surface area contributed by atoms with E-state index in [1.54, 1.807) is 6.92 Å². The number of esters is 2. The fourth-order valence-electron chi connectivity index (χ4n) is 4.29. The number of hydrogen-bond acceptors (Lipinski definition) is 9. The SMILES string of the molecule is COc1ccnc(C(=O)N[C@@H](C)C(=O)O[C@@H](C)[C@H](OCC2CC2)c2cccc(-c3ccccc3)c2)c1OCOC(C)=O. The van der Waals surface area contributed by atoms with Crippen molar-refractivity contribution in [3.8, 4) is 22.6 Å². The van der Waals surface area contributed by atoms with E-state index in [1.165, 1.54) is 33.2 Å². The van der Waals surface area contributed by atoms with Crippen molar-refractivity contribution < 1.29 is 38.1 Å². The molecule has 0 unspecified atom stereocenters. The van der Waals surface area contributed by atoms with E-state index in [4.69, 9.17) is 23.7 Å². The second-order valence-electron chi connectivity index (χ2n) is 10.1. The maximum Gasteiger partial charge on any atom is 0.328 e. The van der Waals surface area contributed by atoms with Crippen LogP contribution in [0.2, 0.25) is 0 Å². The van der Waals surface area contributed by atoms with Gasteiger partial charge >= 0.3 is 11.9 Å². The fraction of sp³-hybridized carbons (Fsp3) is 0.375. The number of carbonyl (C=O) groups is 3. The number of amides is 1. The largest absolute Gasteiger partial charge is 0.493 e. The molecule has 1 fully saturated rings. The topological polar surface area (TPSA) is 122 Å². The summed E-state index contributed by atoms with van der Waals surface area (Å²) in [7, 11) is 1.40. The van der Waals surface area contributed by atoms with Gasteiger partial charge in [0.25, 0.3) is 5.91 Å². The summed E-state index contributed by atoms with van der Waals surface area (Å²) in [4.78, 5) is 41.4. The Hall–Kier alpha value is -4.44. The predicted octanol–water partition coefficient (Wildman–Crippen LogP) is 4.87. The second kappa shape index (κ2) is 14.5. The first-order chi connectivity index (χ1) is 20.3. The molecule has 1 aromatic heterocycles. The monoisotopic (exact) mass is 576 g/mol. The second-order valence-corrected chi connectivity index (χ2v) is 10.1. The van der Waals surface area contributed by atoms with E-state index < -0.39 is 42.9 Å². The Morgan fingerprint density at radius 3 is 2.43 bits per heavy atom. The Kier molecular flexibility index (Phi) is 10.5. The van der Waals surface area contributed by atoms with E-state index in [9.17, 15) is 14.4 Å². The summed E-state index contributed by atoms with van der Waals surface area (Å²) < 4.78 is 27.6. The first kappa shape index (κ1) is 30.5. The van der Waals surface area contributed by atoms with Crippen LogP contribution in [0.15, 0.2) is 66.9 Å². The fourth-order valence-corrected chi connectivity index (χ4v) is 4.29. The number of pyridine rings is 1. The highest BCUT2D eigenvalue weighted by atomic mass is 16.7. The summed E-state index contributed by atoms with van der Waals surface area (Å²) in [5.41, 5.74) is 2.86. The van der Waals surface area contributed by atoms with E-state index in [2.05, 4.69) is 10.3 Å². The third-order valence-corrected chi connectivity index (χ3v) is 6.73. The number of aromatic nitrogens is 1. The van der Waals surface area contributed by atoms with Crippen molar-refractivity contribution in [1.82, 2.24) is 10.3 Å². The van der Waals surface area contributed by atoms with Crippen LogP contribution in [0.1, 0.15) is 55.8 Å². The van der Waals surface area contributed by atoms with E-state index >= 15 is 0 Å². The lowest BCUT2D eigenvalue weighted by Crippen LogP contribution is -2.42. The molecule has 1 heterocycles. The number of nitrogens with one attached hydrogen (secondary N) is 1. The molecule has 0 bridgehead atoms. The van der Waals surface area contributed by atoms with Crippen molar-refractivity contribution >= 4 is 17.8 Å². The lowest BCUT2D eigenvalue weighted by molar-refractivity contribution is -0.158. The van der Waals surface area contributed by atoms with E-state index in [-0.39, 0.29) is 17.2 Å². The van der Waals surface area contributed by atoms with Gasteiger partial charge in [-0.1, -0.05) is 48.5 Å². The molecule has 0 saturated heterocycles. The molecular weight excluding hydrogens is 540 g/mol. The Labute approximate surface area is 245 Å². The van der Waals surface area contributed by atoms with Gasteiger partial charge in [0.05, 0.1) is 13.7 Å². The number of rotatable bonds is 14. The third kappa shape index (κ3) is 8.29. The summed E-state index contributed by atoms with van der Waals surface area (Å²) in [6.07, 6.45) is 2.47. The van der Waals surface area contributed by atoms with Gasteiger partial charge in [-0.05, 0) is 55.4 Å². The van der Waals surface area contributed by atoms with Crippen LogP contribution in [-0.4, -0.2) is 55.5 Å². The van der Waals surface area contributed by atoms with Crippen LogP contribution in [-0.2, 0) is 23.8 Å². The Bertz CT molecular complexity index is 1380. The van der Waals surface area contributed by atoms with Crippen molar-refractivity contribution in [2.24, 2.45) is 5.92 Å². The minimum absolute atomic E-state index is 0.0282. The normalized spacial score (nSPS) is 14.7. The van der Waals surface area contributed by atoms with Gasteiger partial charge < -0.3 is 29.0 Å². The zero-order valence-electron chi connectivity index (χ0n) is 24.2. The molecule has 1 amide bonds. The first-order valence-corrected chi connectivity index (χ1v) is 13.8. The van der Waals surface area contributed by atoms with E-state index in [0.29, 0.717) is 12.5 Å². The molecule has 3 atom stereocenters. The molecule has 10 heteroatoms. The standard InChI is InChI=1S/C32H36N2O8/c1-20(34-31(36)28-30(41-19-40-22(3)35)27(38-4)15-16-33-28)32(37)42-21(2)29(39-18-23-13-14-23)26-12-8-11-25(17-26)24-9-6-5-7-10-24/h5-12,15-17,20-21,23,29H,13-14,18-19H2,1-4H3,(H,34,36)/t20-,21-,29-/m0/s1. The van der Waals surface area contributed by atoms with Gasteiger partial charge in [0.1, 0.15) is 18.2 Å². The van der Waals surface area contributed by atoms with Gasteiger partial charge in [0.15, 0.2) is 17.2 Å². The lowest BCUT2D eigenvalue weighted by Gasteiger charge is -2.26. The van der Waals surface area contributed by atoms with Crippen molar-refractivity contribution in [2.45, 2.75) is 51.9 Å². The van der Waals surface area contributed by atoms with E-state index in [1.807, 2.05) is 54.6 Å². The predicted molar refractivity (Wildman–Crippen MR) is 154 cm³/mol. The average molecular weight is 577 g/mol. The molecule has 0 aliphatic heterocycles. The lowest BCUT2D eigenvalue weighted by atomic mass is 9.98. The summed E-state index contributed by atoms with van der Waals surface area (Å²) in [6.45, 7) is 4.66. The van der Waals surface area contributed by atoms with Gasteiger partial charge in [-0.2, -0.15) is 0 Å². The maximum absolute atomic E-state index is 13.1. The van der Waals surface area contributed by atoms with Crippen LogP contribution in [0.25, 0.3) is 11.1 Å². The van der Waals surface area contributed by atoms with E-state index in [0.717, 1.165) is 29.5 Å². The van der Waals surface area contributed by atoms with Crippen LogP contribution in [0, 0.1) is 5.92 Å². The van der Waals surface area contributed by atoms with Crippen LogP contribution < -0.4 is 14.8 Å². The Balaban J connectivity index is 1.45. The molecule has 222 valence electrons. The van der Waals surface area contributed by atoms with Gasteiger partial charge in [-0.3, -0.25) is 9.59 Å². The first-order valence-electron chi connectivity index (χ1n) is 13.8. The van der Waals surface area contributed by atoms with Gasteiger partial charge in [0.2, 0.25) is 6.79 Å². The number of methoxy groups -OCH3 is 1. The smallest absolute Gasteiger partial charge is 0.328 e. The van der Waals surface area contributed by atoms with Crippen molar-refractivity contribution in [3.63, 3.8) is 0 Å². The molecular formula is C32H36N2O8. The highest BCUT2D eigenvalue weighted by Gasteiger charge is 2.31. The molecule has 1 aliphatic rings. The van der Waals surface area contributed by atoms with Crippen LogP contribution in [0.3, 0.4) is 0 Å². The Morgan fingerprint density at radius 2 is 1.74 bits per heavy atom. The quantitative estimate of drug-likeness (QED) is 0.211. The minimum Gasteiger partial charge on any atom is -0.493 e. The molecule has 3 aromatic rings. The summed E-state index contributed by atoms with van der Waals surface area (Å²) in [6, 6.07) is 18.5. The number of benzene rings is 2. The Morgan fingerprint density at radius 1 is 1.00 bits per heavy atom. The minimum atomic E-state index is -1.02. The molecule has 4 rings (SSSR count). The highest BCUT2D eigenvalue weighted by Crippen LogP contribution is 2.34. The number of carbonyl (C=O) groups excluding carboxylic acids is 3. The number of hydrogen-bond donors (Lipinski definition) is 1. The summed E-state index contributed by atoms with van der Waals surface area (Å²) in [5.74, 6) is -1.19. The number of ether oxygens (including phenoxy) is 5. The van der Waals surface area contributed by atoms with Crippen LogP contribution >= 0.6 is 0 Å². The zero-order valence-corrected chi connectivity index (χ0v) is 24.2. The molecule has 1 saturated carbocycles. The molecule has 0 radical (unpaired) electrons. The molecule has 10 nitrogen and oxygen atoms in total. The van der Waals surface area contributed by atoms with Crippen LogP contribution in [0.4, 0.5) is 0 Å². The van der Waals surface area contributed by atoms with Crippen molar-refractivity contribution in [2.75, 3.05) is 20.5 Å². The molecule has 2 aromatic carbocycles. The third-order valence-electron chi connectivity index (χ3n) is 6.73. The molecule has 42 heavy (non-hydrogen) atoms. The summed E-state index contributed by atoms with van der Waals surface area (Å²) in [5, 5.41) is 2.60. The van der Waals surface area contributed by atoms with Crippen LogP contribution in [0.5, 0.6) is 11.5 Å². The molecule has 1 N–H and O–H groups in total. The average Bonchev–Trinajstić information content (AvgIpc) is 3.82. The van der Waals surface area contributed by atoms with Gasteiger partial charge in [-0.15, -0.1) is 0 Å². The van der Waals surface area contributed by atoms with Crippen molar-refractivity contribution in [1.29, 1.82) is 0 Å². The summed E-state index contributed by atoms with van der Waals surface area (Å²) >= 11 is 0. The molecule has 0 spiro atoms. The number of nitrogens with zero attached hydrogens (tertiary/aromatic N) is 1. The molecule has 1 aliphatic carbocycles. The zero-order chi connectivity index (χ0) is 30.1. The highest BCUT2D eigenvalue weighted by molar-refractivity contribution is 5.98. The van der Waals surface area contributed by atoms with Gasteiger partial charge in [0, 0.05) is 19.2 Å².